The van der Waals surface area contributed by atoms with E-state index in [0.717, 1.165) is 32.4 Å². The maximum atomic E-state index is 11.3. The highest BCUT2D eigenvalue weighted by Crippen LogP contribution is 2.34. The van der Waals surface area contributed by atoms with Gasteiger partial charge < -0.3 is 10.2 Å². The van der Waals surface area contributed by atoms with E-state index in [2.05, 4.69) is 29.1 Å². The Hall–Kier alpha value is -1.92. The van der Waals surface area contributed by atoms with E-state index in [9.17, 15) is 10.1 Å². The van der Waals surface area contributed by atoms with Crippen LogP contribution in [-0.2, 0) is 0 Å². The Kier molecular flexibility index (Phi) is 4.36. The zero-order valence-electron chi connectivity index (χ0n) is 12.2. The molecule has 2 heterocycles. The Morgan fingerprint density at radius 3 is 2.80 bits per heavy atom. The van der Waals surface area contributed by atoms with Crippen LogP contribution in [0.15, 0.2) is 0 Å². The van der Waals surface area contributed by atoms with Gasteiger partial charge in [-0.3, -0.25) is 10.1 Å². The van der Waals surface area contributed by atoms with Crippen molar-refractivity contribution in [1.82, 2.24) is 9.97 Å². The summed E-state index contributed by atoms with van der Waals surface area (Å²) in [4.78, 5) is 21.5. The molecule has 1 aromatic heterocycles. The minimum absolute atomic E-state index is 0.0285. The minimum Gasteiger partial charge on any atom is -0.354 e. The van der Waals surface area contributed by atoms with E-state index in [1.54, 1.807) is 6.92 Å². The second-order valence-electron chi connectivity index (χ2n) is 5.17. The number of aryl methyl sites for hydroxylation is 1. The molecule has 7 heteroatoms. The molecule has 1 unspecified atom stereocenters. The Balaban J connectivity index is 2.44. The molecule has 1 saturated heterocycles. The Morgan fingerprint density at radius 2 is 2.25 bits per heavy atom. The van der Waals surface area contributed by atoms with Crippen molar-refractivity contribution in [3.05, 3.63) is 15.8 Å². The predicted molar refractivity (Wildman–Crippen MR) is 78.2 cm³/mol. The molecular formula is C13H21N5O2. The van der Waals surface area contributed by atoms with Crippen molar-refractivity contribution in [2.24, 2.45) is 0 Å². The van der Waals surface area contributed by atoms with E-state index in [1.165, 1.54) is 0 Å². The zero-order valence-corrected chi connectivity index (χ0v) is 12.2. The van der Waals surface area contributed by atoms with Gasteiger partial charge in [0.2, 0.25) is 11.8 Å². The first-order valence-electron chi connectivity index (χ1n) is 7.08. The number of nitrogens with zero attached hydrogens (tertiary/aromatic N) is 4. The molecule has 1 aliphatic rings. The Labute approximate surface area is 118 Å². The van der Waals surface area contributed by atoms with Crippen LogP contribution in [0.4, 0.5) is 17.5 Å². The summed E-state index contributed by atoms with van der Waals surface area (Å²) in [6.45, 7) is 7.36. The van der Waals surface area contributed by atoms with Crippen LogP contribution >= 0.6 is 0 Å². The molecule has 0 saturated carbocycles. The number of nitro groups is 1. The SMILES string of the molecule is CCCNc1nc(C)c([N+](=O)[O-])c(N2CCCC2C)n1. The molecule has 0 aliphatic carbocycles. The number of hydrogen-bond donors (Lipinski definition) is 1. The maximum Gasteiger partial charge on any atom is 0.332 e. The molecule has 110 valence electrons. The number of rotatable bonds is 5. The summed E-state index contributed by atoms with van der Waals surface area (Å²) < 4.78 is 0. The third-order valence-corrected chi connectivity index (χ3v) is 3.58. The predicted octanol–water partition coefficient (Wildman–Crippen LogP) is 2.50. The minimum atomic E-state index is -0.376. The van der Waals surface area contributed by atoms with Gasteiger partial charge in [0.1, 0.15) is 5.69 Å². The lowest BCUT2D eigenvalue weighted by molar-refractivity contribution is -0.385. The average Bonchev–Trinajstić information content (AvgIpc) is 2.81. The normalized spacial score (nSPS) is 18.4. The van der Waals surface area contributed by atoms with E-state index >= 15 is 0 Å². The van der Waals surface area contributed by atoms with Crippen molar-refractivity contribution < 1.29 is 4.92 Å². The van der Waals surface area contributed by atoms with Crippen LogP contribution in [0.1, 0.15) is 38.8 Å². The van der Waals surface area contributed by atoms with Crippen molar-refractivity contribution in [2.75, 3.05) is 23.3 Å². The van der Waals surface area contributed by atoms with Gasteiger partial charge in [0.25, 0.3) is 0 Å². The highest BCUT2D eigenvalue weighted by Gasteiger charge is 2.31. The molecule has 0 amide bonds. The highest BCUT2D eigenvalue weighted by atomic mass is 16.6. The zero-order chi connectivity index (χ0) is 14.7. The molecule has 20 heavy (non-hydrogen) atoms. The molecule has 1 N–H and O–H groups in total. The van der Waals surface area contributed by atoms with E-state index in [-0.39, 0.29) is 16.7 Å². The van der Waals surface area contributed by atoms with Crippen LogP contribution in [0.3, 0.4) is 0 Å². The first-order chi connectivity index (χ1) is 9.54. The quantitative estimate of drug-likeness (QED) is 0.658. The summed E-state index contributed by atoms with van der Waals surface area (Å²) in [5.74, 6) is 0.926. The summed E-state index contributed by atoms with van der Waals surface area (Å²) in [6.07, 6.45) is 3.03. The van der Waals surface area contributed by atoms with Crippen LogP contribution in [-0.4, -0.2) is 34.0 Å². The van der Waals surface area contributed by atoms with Crippen molar-refractivity contribution in [3.63, 3.8) is 0 Å². The van der Waals surface area contributed by atoms with Crippen LogP contribution in [0.25, 0.3) is 0 Å². The average molecular weight is 279 g/mol. The standard InChI is InChI=1S/C13H21N5O2/c1-4-7-14-13-15-10(3)11(18(19)20)12(16-13)17-8-5-6-9(17)2/h9H,4-8H2,1-3H3,(H,14,15,16). The smallest absolute Gasteiger partial charge is 0.332 e. The van der Waals surface area contributed by atoms with Crippen molar-refractivity contribution in [2.45, 2.75) is 46.1 Å². The fourth-order valence-electron chi connectivity index (χ4n) is 2.53. The van der Waals surface area contributed by atoms with Gasteiger partial charge in [-0.1, -0.05) is 6.92 Å². The van der Waals surface area contributed by atoms with Crippen LogP contribution in [0, 0.1) is 17.0 Å². The second-order valence-corrected chi connectivity index (χ2v) is 5.17. The monoisotopic (exact) mass is 279 g/mol. The molecule has 7 nitrogen and oxygen atoms in total. The Bertz CT molecular complexity index is 506. The lowest BCUT2D eigenvalue weighted by Crippen LogP contribution is -2.29. The first-order valence-corrected chi connectivity index (χ1v) is 7.08. The lowest BCUT2D eigenvalue weighted by atomic mass is 10.2. The summed E-state index contributed by atoms with van der Waals surface area (Å²) in [5.41, 5.74) is 0.443. The third-order valence-electron chi connectivity index (χ3n) is 3.58. The topological polar surface area (TPSA) is 84.2 Å². The summed E-state index contributed by atoms with van der Waals surface area (Å²) >= 11 is 0. The van der Waals surface area contributed by atoms with Gasteiger partial charge in [0, 0.05) is 19.1 Å². The van der Waals surface area contributed by atoms with Gasteiger partial charge in [-0.25, -0.2) is 4.98 Å². The molecule has 2 rings (SSSR count). The molecule has 1 atom stereocenters. The van der Waals surface area contributed by atoms with Crippen molar-refractivity contribution >= 4 is 17.5 Å². The number of aromatic nitrogens is 2. The fraction of sp³-hybridized carbons (Fsp3) is 0.692. The van der Waals surface area contributed by atoms with Crippen LogP contribution < -0.4 is 10.2 Å². The molecule has 1 aromatic rings. The van der Waals surface area contributed by atoms with Crippen molar-refractivity contribution in [3.8, 4) is 0 Å². The van der Waals surface area contributed by atoms with Gasteiger partial charge in [-0.15, -0.1) is 0 Å². The molecule has 1 fully saturated rings. The molecule has 0 bridgehead atoms. The second kappa shape index (κ2) is 6.02. The van der Waals surface area contributed by atoms with Gasteiger partial charge in [-0.05, 0) is 33.1 Å². The van der Waals surface area contributed by atoms with Crippen LogP contribution in [0.2, 0.25) is 0 Å². The maximum absolute atomic E-state index is 11.3. The van der Waals surface area contributed by atoms with E-state index < -0.39 is 0 Å². The summed E-state index contributed by atoms with van der Waals surface area (Å²) in [7, 11) is 0. The van der Waals surface area contributed by atoms with E-state index in [4.69, 9.17) is 0 Å². The lowest BCUT2D eigenvalue weighted by Gasteiger charge is -2.23. The third kappa shape index (κ3) is 2.81. The molecular weight excluding hydrogens is 258 g/mol. The summed E-state index contributed by atoms with van der Waals surface area (Å²) in [6, 6.07) is 0.280. The van der Waals surface area contributed by atoms with E-state index in [0.29, 0.717) is 17.5 Å². The van der Waals surface area contributed by atoms with Gasteiger partial charge >= 0.3 is 5.69 Å². The molecule has 0 spiro atoms. The van der Waals surface area contributed by atoms with Crippen molar-refractivity contribution in [1.29, 1.82) is 0 Å². The van der Waals surface area contributed by atoms with Crippen LogP contribution in [0.5, 0.6) is 0 Å². The Morgan fingerprint density at radius 1 is 1.50 bits per heavy atom. The van der Waals surface area contributed by atoms with Gasteiger partial charge in [0.15, 0.2) is 0 Å². The van der Waals surface area contributed by atoms with E-state index in [1.807, 2.05) is 4.90 Å². The number of hydrogen-bond acceptors (Lipinski definition) is 6. The number of nitrogens with one attached hydrogen (secondary N) is 1. The number of anilines is 2. The van der Waals surface area contributed by atoms with Gasteiger partial charge in [-0.2, -0.15) is 4.98 Å². The molecule has 1 aliphatic heterocycles. The first kappa shape index (κ1) is 14.5. The van der Waals surface area contributed by atoms with Gasteiger partial charge in [0.05, 0.1) is 4.92 Å². The molecule has 0 aromatic carbocycles. The molecule has 0 radical (unpaired) electrons. The fourth-order valence-corrected chi connectivity index (χ4v) is 2.53. The largest absolute Gasteiger partial charge is 0.354 e. The summed E-state index contributed by atoms with van der Waals surface area (Å²) in [5, 5.41) is 14.4. The highest BCUT2D eigenvalue weighted by molar-refractivity contribution is 5.63.